The summed E-state index contributed by atoms with van der Waals surface area (Å²) >= 11 is 1.55. The van der Waals surface area contributed by atoms with Gasteiger partial charge in [0.2, 0.25) is 0 Å². The van der Waals surface area contributed by atoms with Crippen molar-refractivity contribution in [2.24, 2.45) is 0 Å². The highest BCUT2D eigenvalue weighted by Crippen LogP contribution is 2.30. The predicted octanol–water partition coefficient (Wildman–Crippen LogP) is 3.79. The molecule has 0 spiro atoms. The van der Waals surface area contributed by atoms with Gasteiger partial charge in [0.1, 0.15) is 0 Å². The number of hydrogen-bond donors (Lipinski definition) is 1. The van der Waals surface area contributed by atoms with Gasteiger partial charge in [-0.25, -0.2) is 4.39 Å². The van der Waals surface area contributed by atoms with Crippen LogP contribution in [0.4, 0.5) is 4.39 Å². The fraction of sp³-hybridized carbons (Fsp3) is 0.333. The van der Waals surface area contributed by atoms with Gasteiger partial charge in [-0.1, -0.05) is 12.1 Å². The Balaban J connectivity index is 2.21. The highest BCUT2D eigenvalue weighted by Gasteiger charge is 2.16. The van der Waals surface area contributed by atoms with Gasteiger partial charge in [0, 0.05) is 16.2 Å². The highest BCUT2D eigenvalue weighted by molar-refractivity contribution is 7.12. The van der Waals surface area contributed by atoms with Crippen molar-refractivity contribution < 1.29 is 14.2 Å². The van der Waals surface area contributed by atoms with Gasteiger partial charge in [0.15, 0.2) is 11.6 Å². The summed E-state index contributed by atoms with van der Waals surface area (Å²) in [7, 11) is 1.44. The average Bonchev–Trinajstić information content (AvgIpc) is 2.72. The maximum atomic E-state index is 14.0. The van der Waals surface area contributed by atoms with Crippen molar-refractivity contribution >= 4 is 11.3 Å². The molecule has 2 nitrogen and oxygen atoms in total. The van der Waals surface area contributed by atoms with E-state index in [2.05, 4.69) is 0 Å². The minimum Gasteiger partial charge on any atom is -0.494 e. The summed E-state index contributed by atoms with van der Waals surface area (Å²) in [5.74, 6) is -0.183. The molecule has 19 heavy (non-hydrogen) atoms. The number of thiophene rings is 1. The van der Waals surface area contributed by atoms with E-state index in [1.54, 1.807) is 29.5 Å². The Morgan fingerprint density at radius 2 is 2.11 bits per heavy atom. The highest BCUT2D eigenvalue weighted by atomic mass is 32.1. The molecular weight excluding hydrogens is 263 g/mol. The van der Waals surface area contributed by atoms with Crippen LogP contribution in [-0.2, 0) is 6.42 Å². The molecule has 1 N–H and O–H groups in total. The second-order valence-corrected chi connectivity index (χ2v) is 5.83. The van der Waals surface area contributed by atoms with Crippen molar-refractivity contribution in [1.29, 1.82) is 0 Å². The van der Waals surface area contributed by atoms with Crippen LogP contribution in [0.5, 0.6) is 5.75 Å². The van der Waals surface area contributed by atoms with Crippen LogP contribution >= 0.6 is 11.3 Å². The standard InChI is InChI=1S/C15H17FO2S/c1-9-7-14(19-10(9)2)12(17)8-11-5-4-6-13(18-3)15(11)16/h4-7,12,17H,8H2,1-3H3. The van der Waals surface area contributed by atoms with Crippen LogP contribution in [-0.4, -0.2) is 12.2 Å². The minimum atomic E-state index is -0.681. The summed E-state index contributed by atoms with van der Waals surface area (Å²) in [5.41, 5.74) is 1.63. The van der Waals surface area contributed by atoms with E-state index in [-0.39, 0.29) is 12.2 Å². The first-order valence-corrected chi connectivity index (χ1v) is 6.91. The second kappa shape index (κ2) is 5.72. The first-order valence-electron chi connectivity index (χ1n) is 6.09. The van der Waals surface area contributed by atoms with Gasteiger partial charge >= 0.3 is 0 Å². The molecule has 1 aromatic carbocycles. The van der Waals surface area contributed by atoms with Crippen molar-refractivity contribution in [3.8, 4) is 5.75 Å². The summed E-state index contributed by atoms with van der Waals surface area (Å²) in [6.45, 7) is 4.02. The SMILES string of the molecule is COc1cccc(CC(O)c2cc(C)c(C)s2)c1F. The number of hydrogen-bond acceptors (Lipinski definition) is 3. The summed E-state index contributed by atoms with van der Waals surface area (Å²) in [6, 6.07) is 6.94. The van der Waals surface area contributed by atoms with Crippen LogP contribution in [0.25, 0.3) is 0 Å². The molecule has 2 rings (SSSR count). The topological polar surface area (TPSA) is 29.5 Å². The monoisotopic (exact) mass is 280 g/mol. The number of ether oxygens (including phenoxy) is 1. The van der Waals surface area contributed by atoms with E-state index in [4.69, 9.17) is 4.74 Å². The van der Waals surface area contributed by atoms with Crippen LogP contribution in [0.15, 0.2) is 24.3 Å². The number of methoxy groups -OCH3 is 1. The van der Waals surface area contributed by atoms with E-state index in [1.165, 1.54) is 12.0 Å². The Kier molecular flexibility index (Phi) is 4.22. The van der Waals surface area contributed by atoms with Gasteiger partial charge in [0.25, 0.3) is 0 Å². The van der Waals surface area contributed by atoms with E-state index in [9.17, 15) is 9.50 Å². The zero-order chi connectivity index (χ0) is 14.0. The summed E-state index contributed by atoms with van der Waals surface area (Å²) in [5, 5.41) is 10.2. The molecule has 1 aromatic heterocycles. The molecule has 0 aliphatic heterocycles. The molecule has 0 aliphatic rings. The number of aryl methyl sites for hydroxylation is 2. The Morgan fingerprint density at radius 1 is 1.37 bits per heavy atom. The van der Waals surface area contributed by atoms with E-state index in [1.807, 2.05) is 19.9 Å². The van der Waals surface area contributed by atoms with Crippen molar-refractivity contribution in [3.05, 3.63) is 51.0 Å². The second-order valence-electron chi connectivity index (χ2n) is 4.54. The van der Waals surface area contributed by atoms with Crippen molar-refractivity contribution in [2.45, 2.75) is 26.4 Å². The molecule has 102 valence electrons. The Bertz CT molecular complexity index is 558. The zero-order valence-electron chi connectivity index (χ0n) is 11.2. The largest absolute Gasteiger partial charge is 0.494 e. The summed E-state index contributed by atoms with van der Waals surface area (Å²) < 4.78 is 18.9. The predicted molar refractivity (Wildman–Crippen MR) is 75.4 cm³/mol. The first-order chi connectivity index (χ1) is 9.02. The molecule has 0 bridgehead atoms. The number of halogens is 1. The van der Waals surface area contributed by atoms with Gasteiger partial charge in [0.05, 0.1) is 13.2 Å². The minimum absolute atomic E-state index is 0.211. The molecule has 1 heterocycles. The van der Waals surface area contributed by atoms with Crippen LogP contribution in [0.3, 0.4) is 0 Å². The van der Waals surface area contributed by atoms with Gasteiger partial charge in [-0.2, -0.15) is 0 Å². The normalized spacial score (nSPS) is 12.5. The van der Waals surface area contributed by atoms with Crippen LogP contribution in [0.1, 0.15) is 27.0 Å². The van der Waals surface area contributed by atoms with Crippen molar-refractivity contribution in [3.63, 3.8) is 0 Å². The maximum absolute atomic E-state index is 14.0. The third-order valence-corrected chi connectivity index (χ3v) is 4.44. The lowest BCUT2D eigenvalue weighted by atomic mass is 10.1. The summed E-state index contributed by atoms with van der Waals surface area (Å²) in [6.07, 6.45) is -0.429. The maximum Gasteiger partial charge on any atom is 0.168 e. The van der Waals surface area contributed by atoms with E-state index >= 15 is 0 Å². The van der Waals surface area contributed by atoms with Gasteiger partial charge in [-0.15, -0.1) is 11.3 Å². The molecule has 0 fully saturated rings. The summed E-state index contributed by atoms with van der Waals surface area (Å²) in [4.78, 5) is 2.05. The van der Waals surface area contributed by atoms with Crippen LogP contribution < -0.4 is 4.74 Å². The molecule has 4 heteroatoms. The first kappa shape index (κ1) is 14.0. The lowest BCUT2D eigenvalue weighted by Crippen LogP contribution is -2.03. The quantitative estimate of drug-likeness (QED) is 0.923. The fourth-order valence-electron chi connectivity index (χ4n) is 1.95. The molecule has 0 radical (unpaired) electrons. The Hall–Kier alpha value is -1.39. The van der Waals surface area contributed by atoms with E-state index in [0.29, 0.717) is 5.56 Å². The number of aliphatic hydroxyl groups is 1. The molecule has 1 atom stereocenters. The molecule has 0 saturated carbocycles. The number of rotatable bonds is 4. The molecule has 0 aliphatic carbocycles. The molecule has 0 amide bonds. The molecular formula is C15H17FO2S. The van der Waals surface area contributed by atoms with Crippen LogP contribution in [0.2, 0.25) is 0 Å². The number of benzene rings is 1. The van der Waals surface area contributed by atoms with Crippen molar-refractivity contribution in [1.82, 2.24) is 0 Å². The number of aliphatic hydroxyl groups excluding tert-OH is 1. The zero-order valence-corrected chi connectivity index (χ0v) is 12.1. The fourth-order valence-corrected chi connectivity index (χ4v) is 2.97. The third-order valence-electron chi connectivity index (χ3n) is 3.19. The third kappa shape index (κ3) is 2.96. The van der Waals surface area contributed by atoms with Gasteiger partial charge < -0.3 is 9.84 Å². The van der Waals surface area contributed by atoms with E-state index in [0.717, 1.165) is 10.4 Å². The molecule has 2 aromatic rings. The van der Waals surface area contributed by atoms with Crippen molar-refractivity contribution in [2.75, 3.05) is 7.11 Å². The Morgan fingerprint density at radius 3 is 2.68 bits per heavy atom. The molecule has 0 saturated heterocycles. The van der Waals surface area contributed by atoms with Gasteiger partial charge in [-0.05, 0) is 37.1 Å². The lowest BCUT2D eigenvalue weighted by molar-refractivity contribution is 0.180. The van der Waals surface area contributed by atoms with Gasteiger partial charge in [-0.3, -0.25) is 0 Å². The smallest absolute Gasteiger partial charge is 0.168 e. The lowest BCUT2D eigenvalue weighted by Gasteiger charge is -2.11. The van der Waals surface area contributed by atoms with E-state index < -0.39 is 11.9 Å². The molecule has 1 unspecified atom stereocenters. The Labute approximate surface area is 116 Å². The average molecular weight is 280 g/mol. The van der Waals surface area contributed by atoms with Crippen LogP contribution in [0, 0.1) is 19.7 Å².